The second-order valence-corrected chi connectivity index (χ2v) is 4.59. The lowest BCUT2D eigenvalue weighted by Crippen LogP contribution is -2.46. The van der Waals surface area contributed by atoms with E-state index in [1.54, 1.807) is 4.90 Å². The van der Waals surface area contributed by atoms with Gasteiger partial charge in [-0.2, -0.15) is 0 Å². The fourth-order valence-electron chi connectivity index (χ4n) is 1.79. The second kappa shape index (κ2) is 5.54. The predicted octanol–water partition coefficient (Wildman–Crippen LogP) is 2.73. The number of nitrogens with one attached hydrogen (secondary N) is 1. The van der Waals surface area contributed by atoms with Crippen LogP contribution in [-0.4, -0.2) is 36.7 Å². The van der Waals surface area contributed by atoms with E-state index in [1.165, 1.54) is 18.2 Å². The zero-order valence-electron chi connectivity index (χ0n) is 9.95. The van der Waals surface area contributed by atoms with Crippen LogP contribution in [0.3, 0.4) is 0 Å². The van der Waals surface area contributed by atoms with Crippen molar-refractivity contribution in [3.05, 3.63) is 29.0 Å². The van der Waals surface area contributed by atoms with Crippen LogP contribution in [0, 0.1) is 5.82 Å². The topological polar surface area (TPSA) is 41.6 Å². The standard InChI is InChI=1S/C12H14ClFN2O2/c1-8-7-16(4-5-18-8)12(17)15-11-3-2-9(14)6-10(11)13/h2-3,6,8H,4-5,7H2,1H3,(H,15,17)/t8-/m0/s1. The van der Waals surface area contributed by atoms with Crippen molar-refractivity contribution in [3.63, 3.8) is 0 Å². The molecule has 18 heavy (non-hydrogen) atoms. The number of anilines is 1. The maximum Gasteiger partial charge on any atom is 0.322 e. The minimum absolute atomic E-state index is 0.0215. The Morgan fingerprint density at radius 2 is 2.39 bits per heavy atom. The third-order valence-electron chi connectivity index (χ3n) is 2.70. The van der Waals surface area contributed by atoms with Gasteiger partial charge in [0.1, 0.15) is 5.82 Å². The van der Waals surface area contributed by atoms with E-state index in [0.29, 0.717) is 25.4 Å². The van der Waals surface area contributed by atoms with Gasteiger partial charge in [-0.3, -0.25) is 0 Å². The van der Waals surface area contributed by atoms with Gasteiger partial charge in [-0.05, 0) is 25.1 Å². The molecule has 0 spiro atoms. The van der Waals surface area contributed by atoms with E-state index in [1.807, 2.05) is 6.92 Å². The molecule has 1 heterocycles. The summed E-state index contributed by atoms with van der Waals surface area (Å²) in [4.78, 5) is 13.6. The SMILES string of the molecule is C[C@H]1CN(C(=O)Nc2ccc(F)cc2Cl)CCO1. The van der Waals surface area contributed by atoms with Gasteiger partial charge >= 0.3 is 6.03 Å². The lowest BCUT2D eigenvalue weighted by molar-refractivity contribution is -0.00138. The summed E-state index contributed by atoms with van der Waals surface area (Å²) in [6, 6.07) is 3.61. The number of halogens is 2. The predicted molar refractivity (Wildman–Crippen MR) is 67.4 cm³/mol. The molecule has 6 heteroatoms. The molecule has 1 aliphatic heterocycles. The molecule has 0 radical (unpaired) electrons. The molecule has 2 amide bonds. The van der Waals surface area contributed by atoms with Crippen molar-refractivity contribution < 1.29 is 13.9 Å². The van der Waals surface area contributed by atoms with Crippen LogP contribution in [0.4, 0.5) is 14.9 Å². The number of nitrogens with zero attached hydrogens (tertiary/aromatic N) is 1. The fourth-order valence-corrected chi connectivity index (χ4v) is 2.00. The van der Waals surface area contributed by atoms with Crippen molar-refractivity contribution in [2.75, 3.05) is 25.0 Å². The molecular weight excluding hydrogens is 259 g/mol. The Morgan fingerprint density at radius 1 is 1.61 bits per heavy atom. The molecular formula is C12H14ClFN2O2. The Labute approximate surface area is 110 Å². The van der Waals surface area contributed by atoms with Gasteiger partial charge < -0.3 is 15.0 Å². The summed E-state index contributed by atoms with van der Waals surface area (Å²) in [6.45, 7) is 3.50. The van der Waals surface area contributed by atoms with Crippen molar-refractivity contribution in [2.24, 2.45) is 0 Å². The molecule has 2 rings (SSSR count). The fraction of sp³-hybridized carbons (Fsp3) is 0.417. The number of ether oxygens (including phenoxy) is 1. The molecule has 1 fully saturated rings. The minimum atomic E-state index is -0.432. The zero-order valence-corrected chi connectivity index (χ0v) is 10.7. The van der Waals surface area contributed by atoms with E-state index in [0.717, 1.165) is 0 Å². The maximum absolute atomic E-state index is 12.9. The zero-order chi connectivity index (χ0) is 13.1. The quantitative estimate of drug-likeness (QED) is 0.854. The molecule has 0 unspecified atom stereocenters. The van der Waals surface area contributed by atoms with Crippen LogP contribution in [0.15, 0.2) is 18.2 Å². The number of carbonyl (C=O) groups is 1. The van der Waals surface area contributed by atoms with Gasteiger partial charge in [0.15, 0.2) is 0 Å². The average molecular weight is 273 g/mol. The van der Waals surface area contributed by atoms with E-state index in [4.69, 9.17) is 16.3 Å². The highest BCUT2D eigenvalue weighted by atomic mass is 35.5. The number of urea groups is 1. The van der Waals surface area contributed by atoms with Gasteiger partial charge in [0, 0.05) is 13.1 Å². The number of benzene rings is 1. The first-order chi connectivity index (χ1) is 8.56. The molecule has 98 valence electrons. The summed E-state index contributed by atoms with van der Waals surface area (Å²) in [5, 5.41) is 2.85. The third-order valence-corrected chi connectivity index (χ3v) is 3.01. The molecule has 1 N–H and O–H groups in total. The van der Waals surface area contributed by atoms with E-state index in [2.05, 4.69) is 5.32 Å². The molecule has 1 atom stereocenters. The molecule has 1 aromatic carbocycles. The third kappa shape index (κ3) is 3.11. The smallest absolute Gasteiger partial charge is 0.322 e. The lowest BCUT2D eigenvalue weighted by Gasteiger charge is -2.31. The first kappa shape index (κ1) is 13.1. The van der Waals surface area contributed by atoms with Gasteiger partial charge in [0.05, 0.1) is 23.4 Å². The summed E-state index contributed by atoms with van der Waals surface area (Å²) < 4.78 is 18.2. The number of carbonyl (C=O) groups excluding carboxylic acids is 1. The Kier molecular flexibility index (Phi) is 4.04. The van der Waals surface area contributed by atoms with Gasteiger partial charge in [0.25, 0.3) is 0 Å². The van der Waals surface area contributed by atoms with Gasteiger partial charge in [0.2, 0.25) is 0 Å². The Balaban J connectivity index is 2.02. The van der Waals surface area contributed by atoms with Crippen molar-refractivity contribution in [1.29, 1.82) is 0 Å². The summed E-state index contributed by atoms with van der Waals surface area (Å²) in [5.74, 6) is -0.432. The number of hydrogen-bond acceptors (Lipinski definition) is 2. The molecule has 0 bridgehead atoms. The molecule has 0 aliphatic carbocycles. The Bertz CT molecular complexity index is 456. The van der Waals surface area contributed by atoms with Crippen molar-refractivity contribution >= 4 is 23.3 Å². The molecule has 0 aromatic heterocycles. The largest absolute Gasteiger partial charge is 0.375 e. The van der Waals surface area contributed by atoms with Gasteiger partial charge in [-0.1, -0.05) is 11.6 Å². The number of rotatable bonds is 1. The molecule has 1 saturated heterocycles. The minimum Gasteiger partial charge on any atom is -0.375 e. The van der Waals surface area contributed by atoms with Crippen molar-refractivity contribution in [3.8, 4) is 0 Å². The highest BCUT2D eigenvalue weighted by Crippen LogP contribution is 2.22. The second-order valence-electron chi connectivity index (χ2n) is 4.18. The summed E-state index contributed by atoms with van der Waals surface area (Å²) >= 11 is 5.84. The highest BCUT2D eigenvalue weighted by molar-refractivity contribution is 6.33. The molecule has 0 saturated carbocycles. The van der Waals surface area contributed by atoms with Crippen molar-refractivity contribution in [2.45, 2.75) is 13.0 Å². The van der Waals surface area contributed by atoms with E-state index in [9.17, 15) is 9.18 Å². The van der Waals surface area contributed by atoms with E-state index < -0.39 is 5.82 Å². The monoisotopic (exact) mass is 272 g/mol. The van der Waals surface area contributed by atoms with E-state index >= 15 is 0 Å². The first-order valence-corrected chi connectivity index (χ1v) is 6.06. The number of amides is 2. The number of morpholine rings is 1. The maximum atomic E-state index is 12.9. The first-order valence-electron chi connectivity index (χ1n) is 5.69. The van der Waals surface area contributed by atoms with Crippen molar-refractivity contribution in [1.82, 2.24) is 4.90 Å². The molecule has 4 nitrogen and oxygen atoms in total. The lowest BCUT2D eigenvalue weighted by atomic mass is 10.3. The van der Waals surface area contributed by atoms with Crippen LogP contribution in [0.25, 0.3) is 0 Å². The highest BCUT2D eigenvalue weighted by Gasteiger charge is 2.21. The van der Waals surface area contributed by atoms with Gasteiger partial charge in [-0.25, -0.2) is 9.18 Å². The summed E-state index contributed by atoms with van der Waals surface area (Å²) in [5.41, 5.74) is 0.405. The van der Waals surface area contributed by atoms with Crippen LogP contribution in [0.2, 0.25) is 5.02 Å². The van der Waals surface area contributed by atoms with Crippen LogP contribution >= 0.6 is 11.6 Å². The summed E-state index contributed by atoms with van der Waals surface area (Å²) in [7, 11) is 0. The van der Waals surface area contributed by atoms with Gasteiger partial charge in [-0.15, -0.1) is 0 Å². The van der Waals surface area contributed by atoms with Crippen LogP contribution in [0.1, 0.15) is 6.92 Å². The molecule has 1 aliphatic rings. The average Bonchev–Trinajstić information content (AvgIpc) is 2.32. The Hall–Kier alpha value is -1.33. The molecule has 1 aromatic rings. The van der Waals surface area contributed by atoms with E-state index in [-0.39, 0.29) is 17.2 Å². The Morgan fingerprint density at radius 3 is 3.06 bits per heavy atom. The summed E-state index contributed by atoms with van der Waals surface area (Å²) in [6.07, 6.45) is 0.0215. The van der Waals surface area contributed by atoms with Crippen LogP contribution in [0.5, 0.6) is 0 Å². The van der Waals surface area contributed by atoms with Crippen LogP contribution in [-0.2, 0) is 4.74 Å². The number of hydrogen-bond donors (Lipinski definition) is 1. The van der Waals surface area contributed by atoms with Crippen LogP contribution < -0.4 is 5.32 Å². The normalized spacial score (nSPS) is 19.7.